The molecule has 1 aliphatic rings. The van der Waals surface area contributed by atoms with Gasteiger partial charge in [0.1, 0.15) is 0 Å². The molecule has 0 bridgehead atoms. The minimum Gasteiger partial charge on any atom is -0.383 e. The van der Waals surface area contributed by atoms with Gasteiger partial charge in [0.25, 0.3) is 0 Å². The molecule has 0 atom stereocenters. The van der Waals surface area contributed by atoms with Crippen LogP contribution in [0.1, 0.15) is 27.2 Å². The van der Waals surface area contributed by atoms with E-state index in [4.69, 9.17) is 0 Å². The van der Waals surface area contributed by atoms with Crippen LogP contribution in [-0.2, 0) is 0 Å². The van der Waals surface area contributed by atoms with Crippen LogP contribution in [0.3, 0.4) is 0 Å². The van der Waals surface area contributed by atoms with E-state index in [0.717, 1.165) is 13.1 Å². The van der Waals surface area contributed by atoms with E-state index in [-0.39, 0.29) is 0 Å². The fourth-order valence-electron chi connectivity index (χ4n) is 2.38. The topological polar surface area (TPSA) is 24.1 Å². The van der Waals surface area contributed by atoms with Gasteiger partial charge in [-0.1, -0.05) is 32.9 Å². The summed E-state index contributed by atoms with van der Waals surface area (Å²) < 4.78 is 0. The van der Waals surface area contributed by atoms with Crippen LogP contribution in [0.15, 0.2) is 24.3 Å². The van der Waals surface area contributed by atoms with Crippen molar-refractivity contribution in [2.45, 2.75) is 27.2 Å². The van der Waals surface area contributed by atoms with Gasteiger partial charge < -0.3 is 10.6 Å². The molecule has 0 saturated heterocycles. The third kappa shape index (κ3) is 2.91. The predicted molar refractivity (Wildman–Crippen MR) is 71.0 cm³/mol. The van der Waals surface area contributed by atoms with Gasteiger partial charge in [0, 0.05) is 13.1 Å². The van der Waals surface area contributed by atoms with Crippen molar-refractivity contribution in [2.75, 3.05) is 23.7 Å². The molecule has 0 amide bonds. The van der Waals surface area contributed by atoms with E-state index >= 15 is 0 Å². The normalized spacial score (nSPS) is 16.9. The van der Waals surface area contributed by atoms with Crippen LogP contribution in [0.2, 0.25) is 0 Å². The summed E-state index contributed by atoms with van der Waals surface area (Å²) >= 11 is 0. The highest BCUT2D eigenvalue weighted by Crippen LogP contribution is 2.29. The van der Waals surface area contributed by atoms with E-state index < -0.39 is 0 Å². The first-order valence-electron chi connectivity index (χ1n) is 6.11. The van der Waals surface area contributed by atoms with Crippen LogP contribution in [-0.4, -0.2) is 13.1 Å². The number of hydrogen-bond donors (Lipinski definition) is 2. The zero-order chi connectivity index (χ0) is 11.6. The zero-order valence-electron chi connectivity index (χ0n) is 10.5. The van der Waals surface area contributed by atoms with Crippen molar-refractivity contribution < 1.29 is 0 Å². The van der Waals surface area contributed by atoms with E-state index in [1.54, 1.807) is 0 Å². The average Bonchev–Trinajstić information content (AvgIpc) is 2.39. The second-order valence-corrected chi connectivity index (χ2v) is 5.94. The molecule has 2 nitrogen and oxygen atoms in total. The average molecular weight is 218 g/mol. The van der Waals surface area contributed by atoms with Gasteiger partial charge in [0.05, 0.1) is 11.4 Å². The number of benzene rings is 1. The van der Waals surface area contributed by atoms with E-state index in [9.17, 15) is 0 Å². The molecule has 0 saturated carbocycles. The van der Waals surface area contributed by atoms with Crippen LogP contribution in [0.4, 0.5) is 11.4 Å². The maximum Gasteiger partial charge on any atom is 0.0576 e. The van der Waals surface area contributed by atoms with Crippen LogP contribution in [0.5, 0.6) is 0 Å². The summed E-state index contributed by atoms with van der Waals surface area (Å²) in [5, 5.41) is 7.07. The largest absolute Gasteiger partial charge is 0.383 e. The first-order valence-corrected chi connectivity index (χ1v) is 6.11. The Morgan fingerprint density at radius 3 is 2.00 bits per heavy atom. The highest BCUT2D eigenvalue weighted by Gasteiger charge is 2.20. The van der Waals surface area contributed by atoms with Gasteiger partial charge >= 0.3 is 0 Å². The molecule has 0 aliphatic carbocycles. The number of nitrogens with one attached hydrogen (secondary N) is 2. The Kier molecular flexibility index (Phi) is 3.08. The molecule has 1 aliphatic heterocycles. The molecule has 2 N–H and O–H groups in total. The standard InChI is InChI=1S/C14H22N2/c1-14(2,3)8-11-9-15-12-6-4-5-7-13(12)16-10-11/h4-7,11,15-16H,8-10H2,1-3H3. The molecule has 0 spiro atoms. The Balaban J connectivity index is 2.02. The molecule has 1 aromatic rings. The second-order valence-electron chi connectivity index (χ2n) is 5.94. The molecular formula is C14H22N2. The van der Waals surface area contributed by atoms with E-state index in [0.29, 0.717) is 11.3 Å². The molecule has 2 heteroatoms. The number of rotatable bonds is 1. The van der Waals surface area contributed by atoms with E-state index in [1.165, 1.54) is 17.8 Å². The Bertz CT molecular complexity index is 325. The predicted octanol–water partition coefficient (Wildman–Crippen LogP) is 3.58. The van der Waals surface area contributed by atoms with Crippen molar-refractivity contribution in [3.63, 3.8) is 0 Å². The highest BCUT2D eigenvalue weighted by molar-refractivity contribution is 5.69. The number of para-hydroxylation sites is 2. The fourth-order valence-corrected chi connectivity index (χ4v) is 2.38. The lowest BCUT2D eigenvalue weighted by Gasteiger charge is -2.25. The van der Waals surface area contributed by atoms with Crippen molar-refractivity contribution in [1.82, 2.24) is 0 Å². The van der Waals surface area contributed by atoms with Crippen molar-refractivity contribution in [1.29, 1.82) is 0 Å². The molecule has 2 rings (SSSR count). The lowest BCUT2D eigenvalue weighted by atomic mass is 9.84. The van der Waals surface area contributed by atoms with Gasteiger partial charge in [-0.3, -0.25) is 0 Å². The smallest absolute Gasteiger partial charge is 0.0576 e. The van der Waals surface area contributed by atoms with Crippen molar-refractivity contribution >= 4 is 11.4 Å². The van der Waals surface area contributed by atoms with E-state index in [1.807, 2.05) is 0 Å². The molecular weight excluding hydrogens is 196 g/mol. The van der Waals surface area contributed by atoms with Gasteiger partial charge in [-0.2, -0.15) is 0 Å². The number of fused-ring (bicyclic) bond motifs is 1. The molecule has 0 radical (unpaired) electrons. The molecule has 88 valence electrons. The molecule has 1 aromatic carbocycles. The van der Waals surface area contributed by atoms with E-state index in [2.05, 4.69) is 55.7 Å². The molecule has 1 heterocycles. The minimum absolute atomic E-state index is 0.407. The quantitative estimate of drug-likeness (QED) is 0.753. The van der Waals surface area contributed by atoms with Crippen molar-refractivity contribution in [3.05, 3.63) is 24.3 Å². The van der Waals surface area contributed by atoms with Crippen LogP contribution in [0, 0.1) is 11.3 Å². The molecule has 0 unspecified atom stereocenters. The summed E-state index contributed by atoms with van der Waals surface area (Å²) in [6, 6.07) is 8.44. The summed E-state index contributed by atoms with van der Waals surface area (Å²) in [7, 11) is 0. The second kappa shape index (κ2) is 4.36. The van der Waals surface area contributed by atoms with Gasteiger partial charge in [-0.05, 0) is 29.9 Å². The Hall–Kier alpha value is -1.18. The van der Waals surface area contributed by atoms with Crippen molar-refractivity contribution in [2.24, 2.45) is 11.3 Å². The maximum absolute atomic E-state index is 3.54. The highest BCUT2D eigenvalue weighted by atomic mass is 15.0. The summed E-state index contributed by atoms with van der Waals surface area (Å²) in [6.45, 7) is 9.07. The Morgan fingerprint density at radius 1 is 1.06 bits per heavy atom. The Morgan fingerprint density at radius 2 is 1.56 bits per heavy atom. The summed E-state index contributed by atoms with van der Waals surface area (Å²) in [5.41, 5.74) is 2.88. The summed E-state index contributed by atoms with van der Waals surface area (Å²) in [6.07, 6.45) is 1.25. The summed E-state index contributed by atoms with van der Waals surface area (Å²) in [5.74, 6) is 0.701. The minimum atomic E-state index is 0.407. The van der Waals surface area contributed by atoms with Crippen LogP contribution in [0.25, 0.3) is 0 Å². The molecule has 16 heavy (non-hydrogen) atoms. The van der Waals surface area contributed by atoms with Gasteiger partial charge in [-0.25, -0.2) is 0 Å². The van der Waals surface area contributed by atoms with Crippen molar-refractivity contribution in [3.8, 4) is 0 Å². The first-order chi connectivity index (χ1) is 7.54. The Labute approximate surface area is 98.4 Å². The summed E-state index contributed by atoms with van der Waals surface area (Å²) in [4.78, 5) is 0. The third-order valence-corrected chi connectivity index (χ3v) is 2.99. The first kappa shape index (κ1) is 11.3. The number of hydrogen-bond acceptors (Lipinski definition) is 2. The third-order valence-electron chi connectivity index (χ3n) is 2.99. The monoisotopic (exact) mass is 218 g/mol. The van der Waals surface area contributed by atoms with Gasteiger partial charge in [0.15, 0.2) is 0 Å². The SMILES string of the molecule is CC(C)(C)CC1CNc2ccccc2NC1. The molecule has 0 fully saturated rings. The van der Waals surface area contributed by atoms with Gasteiger partial charge in [0.2, 0.25) is 0 Å². The van der Waals surface area contributed by atoms with Crippen LogP contribution >= 0.6 is 0 Å². The van der Waals surface area contributed by atoms with Gasteiger partial charge in [-0.15, -0.1) is 0 Å². The lowest BCUT2D eigenvalue weighted by Crippen LogP contribution is -2.24. The maximum atomic E-state index is 3.54. The lowest BCUT2D eigenvalue weighted by molar-refractivity contribution is 0.310. The number of anilines is 2. The zero-order valence-corrected chi connectivity index (χ0v) is 10.5. The van der Waals surface area contributed by atoms with Crippen LogP contribution < -0.4 is 10.6 Å². The fraction of sp³-hybridized carbons (Fsp3) is 0.571. The molecule has 0 aromatic heterocycles.